The van der Waals surface area contributed by atoms with Crippen molar-refractivity contribution in [1.29, 1.82) is 0 Å². The highest BCUT2D eigenvalue weighted by molar-refractivity contribution is 5.92. The van der Waals surface area contributed by atoms with Gasteiger partial charge < -0.3 is 19.7 Å². The van der Waals surface area contributed by atoms with E-state index in [-0.39, 0.29) is 11.7 Å². The van der Waals surface area contributed by atoms with E-state index in [9.17, 15) is 9.18 Å². The summed E-state index contributed by atoms with van der Waals surface area (Å²) in [6.45, 7) is 4.14. The summed E-state index contributed by atoms with van der Waals surface area (Å²) in [5.41, 5.74) is 1.65. The number of nitrogens with one attached hydrogen (secondary N) is 1. The van der Waals surface area contributed by atoms with Crippen LogP contribution >= 0.6 is 0 Å². The largest absolute Gasteiger partial charge is 0.347 e. The number of carbonyl (C=O) groups is 1. The molecule has 2 aliphatic heterocycles. The van der Waals surface area contributed by atoms with Crippen LogP contribution in [0.4, 0.5) is 16.0 Å². The monoisotopic (exact) mass is 372 g/mol. The third kappa shape index (κ3) is 3.91. The second-order valence-electron chi connectivity index (χ2n) is 6.75. The molecule has 27 heavy (non-hydrogen) atoms. The zero-order valence-corrected chi connectivity index (χ0v) is 15.1. The summed E-state index contributed by atoms with van der Waals surface area (Å²) in [4.78, 5) is 23.3. The summed E-state index contributed by atoms with van der Waals surface area (Å²) in [6.07, 6.45) is 1.31. The zero-order valence-electron chi connectivity index (χ0n) is 15.1. The standard InChI is InChI=1S/C19H21FN4O3/c1-13-12-16(23-18(21-13)22-15-4-2-14(20)3-5-15)17(25)24-8-6-19(7-9-24)26-10-11-27-19/h2-5,12H,6-11H2,1H3,(H,21,22,23). The zero-order chi connectivity index (χ0) is 18.9. The fourth-order valence-electron chi connectivity index (χ4n) is 3.39. The van der Waals surface area contributed by atoms with Crippen molar-refractivity contribution >= 4 is 17.5 Å². The molecule has 0 radical (unpaired) electrons. The molecule has 3 heterocycles. The molecular formula is C19H21FN4O3. The Labute approximate surface area is 156 Å². The average molecular weight is 372 g/mol. The van der Waals surface area contributed by atoms with Crippen LogP contribution in [0.3, 0.4) is 0 Å². The van der Waals surface area contributed by atoms with Gasteiger partial charge in [0, 0.05) is 37.3 Å². The Morgan fingerprint density at radius 2 is 1.81 bits per heavy atom. The van der Waals surface area contributed by atoms with E-state index < -0.39 is 5.79 Å². The van der Waals surface area contributed by atoms with Crippen LogP contribution in [0.15, 0.2) is 30.3 Å². The number of anilines is 2. The van der Waals surface area contributed by atoms with Gasteiger partial charge in [-0.15, -0.1) is 0 Å². The Morgan fingerprint density at radius 1 is 1.15 bits per heavy atom. The molecule has 0 bridgehead atoms. The van der Waals surface area contributed by atoms with Gasteiger partial charge in [0.05, 0.1) is 13.2 Å². The molecule has 2 aliphatic rings. The van der Waals surface area contributed by atoms with Crippen molar-refractivity contribution in [3.8, 4) is 0 Å². The van der Waals surface area contributed by atoms with Gasteiger partial charge in [-0.05, 0) is 37.3 Å². The summed E-state index contributed by atoms with van der Waals surface area (Å²) in [5, 5.41) is 3.01. The lowest BCUT2D eigenvalue weighted by Crippen LogP contribution is -2.47. The van der Waals surface area contributed by atoms with Gasteiger partial charge in [0.1, 0.15) is 11.5 Å². The van der Waals surface area contributed by atoms with Gasteiger partial charge in [-0.1, -0.05) is 0 Å². The lowest BCUT2D eigenvalue weighted by Gasteiger charge is -2.37. The molecule has 7 nitrogen and oxygen atoms in total. The van der Waals surface area contributed by atoms with E-state index in [1.807, 2.05) is 0 Å². The van der Waals surface area contributed by atoms with Gasteiger partial charge in [-0.25, -0.2) is 14.4 Å². The van der Waals surface area contributed by atoms with Crippen molar-refractivity contribution in [3.63, 3.8) is 0 Å². The molecule has 1 aromatic carbocycles. The summed E-state index contributed by atoms with van der Waals surface area (Å²) in [5.74, 6) is -0.677. The van der Waals surface area contributed by atoms with Crippen LogP contribution in [0.5, 0.6) is 0 Å². The molecule has 0 unspecified atom stereocenters. The molecule has 1 amide bonds. The van der Waals surface area contributed by atoms with E-state index in [2.05, 4.69) is 15.3 Å². The van der Waals surface area contributed by atoms with Gasteiger partial charge in [0.2, 0.25) is 5.95 Å². The van der Waals surface area contributed by atoms with Gasteiger partial charge in [0.25, 0.3) is 5.91 Å². The molecule has 1 spiro atoms. The van der Waals surface area contributed by atoms with E-state index in [0.717, 1.165) is 0 Å². The Balaban J connectivity index is 1.47. The number of benzene rings is 1. The van der Waals surface area contributed by atoms with Crippen LogP contribution in [-0.4, -0.2) is 52.9 Å². The lowest BCUT2D eigenvalue weighted by atomic mass is 10.0. The number of likely N-dealkylation sites (tertiary alicyclic amines) is 1. The number of amides is 1. The highest BCUT2D eigenvalue weighted by Crippen LogP contribution is 2.31. The van der Waals surface area contributed by atoms with E-state index in [0.29, 0.717) is 62.2 Å². The number of piperidine rings is 1. The molecule has 2 fully saturated rings. The fraction of sp³-hybridized carbons (Fsp3) is 0.421. The second-order valence-corrected chi connectivity index (χ2v) is 6.75. The van der Waals surface area contributed by atoms with Crippen molar-refractivity contribution in [2.75, 3.05) is 31.6 Å². The topological polar surface area (TPSA) is 76.6 Å². The molecule has 0 atom stereocenters. The Kier molecular flexibility index (Phi) is 4.75. The number of rotatable bonds is 3. The van der Waals surface area contributed by atoms with Crippen molar-refractivity contribution < 1.29 is 18.7 Å². The third-order valence-corrected chi connectivity index (χ3v) is 4.80. The SMILES string of the molecule is Cc1cc(C(=O)N2CCC3(CC2)OCCO3)nc(Nc2ccc(F)cc2)n1. The maximum absolute atomic E-state index is 13.0. The Bertz CT molecular complexity index is 827. The van der Waals surface area contributed by atoms with Crippen LogP contribution in [0.25, 0.3) is 0 Å². The van der Waals surface area contributed by atoms with Crippen LogP contribution in [0.2, 0.25) is 0 Å². The van der Waals surface area contributed by atoms with E-state index in [4.69, 9.17) is 9.47 Å². The minimum absolute atomic E-state index is 0.143. The molecular weight excluding hydrogens is 351 g/mol. The molecule has 4 rings (SSSR count). The first-order chi connectivity index (χ1) is 13.0. The number of aromatic nitrogens is 2. The molecule has 8 heteroatoms. The van der Waals surface area contributed by atoms with Crippen molar-refractivity contribution in [2.45, 2.75) is 25.6 Å². The van der Waals surface area contributed by atoms with Gasteiger partial charge in [0.15, 0.2) is 5.79 Å². The molecule has 142 valence electrons. The summed E-state index contributed by atoms with van der Waals surface area (Å²) >= 11 is 0. The number of hydrogen-bond donors (Lipinski definition) is 1. The third-order valence-electron chi connectivity index (χ3n) is 4.80. The van der Waals surface area contributed by atoms with Gasteiger partial charge >= 0.3 is 0 Å². The predicted molar refractivity (Wildman–Crippen MR) is 96.2 cm³/mol. The molecule has 2 aromatic rings. The summed E-state index contributed by atoms with van der Waals surface area (Å²) in [6, 6.07) is 7.55. The first-order valence-electron chi connectivity index (χ1n) is 8.99. The normalized spacial score (nSPS) is 18.7. The van der Waals surface area contributed by atoms with Crippen LogP contribution in [-0.2, 0) is 9.47 Å². The van der Waals surface area contributed by atoms with Crippen molar-refractivity contribution in [2.24, 2.45) is 0 Å². The maximum Gasteiger partial charge on any atom is 0.272 e. The molecule has 2 saturated heterocycles. The van der Waals surface area contributed by atoms with E-state index in [1.165, 1.54) is 12.1 Å². The van der Waals surface area contributed by atoms with E-state index >= 15 is 0 Å². The number of aryl methyl sites for hydroxylation is 1. The lowest BCUT2D eigenvalue weighted by molar-refractivity contribution is -0.181. The Morgan fingerprint density at radius 3 is 2.48 bits per heavy atom. The molecule has 1 N–H and O–H groups in total. The summed E-state index contributed by atoms with van der Waals surface area (Å²) < 4.78 is 24.5. The minimum Gasteiger partial charge on any atom is -0.347 e. The smallest absolute Gasteiger partial charge is 0.272 e. The molecule has 0 saturated carbocycles. The molecule has 0 aliphatic carbocycles. The minimum atomic E-state index is -0.520. The molecule has 1 aromatic heterocycles. The Hall–Kier alpha value is -2.58. The first kappa shape index (κ1) is 17.8. The number of nitrogens with zero attached hydrogens (tertiary/aromatic N) is 3. The number of ether oxygens (including phenoxy) is 2. The maximum atomic E-state index is 13.0. The number of carbonyl (C=O) groups excluding carboxylic acids is 1. The summed E-state index contributed by atoms with van der Waals surface area (Å²) in [7, 11) is 0. The quantitative estimate of drug-likeness (QED) is 0.893. The highest BCUT2D eigenvalue weighted by Gasteiger charge is 2.41. The highest BCUT2D eigenvalue weighted by atomic mass is 19.1. The van der Waals surface area contributed by atoms with Crippen LogP contribution < -0.4 is 5.32 Å². The van der Waals surface area contributed by atoms with Crippen LogP contribution in [0, 0.1) is 12.7 Å². The average Bonchev–Trinajstić information content (AvgIpc) is 3.11. The second kappa shape index (κ2) is 7.21. The van der Waals surface area contributed by atoms with Gasteiger partial charge in [-0.3, -0.25) is 4.79 Å². The van der Waals surface area contributed by atoms with E-state index in [1.54, 1.807) is 30.0 Å². The number of hydrogen-bond acceptors (Lipinski definition) is 6. The fourth-order valence-corrected chi connectivity index (χ4v) is 3.39. The van der Waals surface area contributed by atoms with Crippen molar-refractivity contribution in [3.05, 3.63) is 47.5 Å². The van der Waals surface area contributed by atoms with Gasteiger partial charge in [-0.2, -0.15) is 0 Å². The predicted octanol–water partition coefficient (Wildman–Crippen LogP) is 2.65. The van der Waals surface area contributed by atoms with Crippen LogP contribution in [0.1, 0.15) is 29.0 Å². The number of halogens is 1. The first-order valence-corrected chi connectivity index (χ1v) is 8.99. The van der Waals surface area contributed by atoms with Crippen molar-refractivity contribution in [1.82, 2.24) is 14.9 Å².